The van der Waals surface area contributed by atoms with E-state index in [0.717, 1.165) is 26.4 Å². The molecular formula is C12H16FN3O5. The van der Waals surface area contributed by atoms with Crippen LogP contribution < -0.4 is 10.6 Å². The fourth-order valence-corrected chi connectivity index (χ4v) is 2.19. The molecule has 1 saturated carbocycles. The Kier molecular flexibility index (Phi) is 4.39. The molecule has 3 amide bonds. The Bertz CT molecular complexity index is 487. The van der Waals surface area contributed by atoms with Gasteiger partial charge in [-0.25, -0.2) is 14.0 Å². The maximum absolute atomic E-state index is 14.7. The van der Waals surface area contributed by atoms with Crippen LogP contribution in [0.4, 0.5) is 9.18 Å². The summed E-state index contributed by atoms with van der Waals surface area (Å²) in [6.45, 7) is 0. The van der Waals surface area contributed by atoms with Crippen molar-refractivity contribution >= 4 is 23.6 Å². The van der Waals surface area contributed by atoms with E-state index in [0.29, 0.717) is 18.6 Å². The highest BCUT2D eigenvalue weighted by atomic mass is 19.1. The molecule has 0 aromatic heterocycles. The Balaban J connectivity index is 2.17. The van der Waals surface area contributed by atoms with Gasteiger partial charge < -0.3 is 9.57 Å². The summed E-state index contributed by atoms with van der Waals surface area (Å²) in [6.07, 6.45) is 2.50. The highest BCUT2D eigenvalue weighted by molar-refractivity contribution is 6.14. The van der Waals surface area contributed by atoms with Gasteiger partial charge in [-0.1, -0.05) is 11.6 Å². The van der Waals surface area contributed by atoms with Gasteiger partial charge in [0.1, 0.15) is 0 Å². The van der Waals surface area contributed by atoms with Crippen LogP contribution in [0.25, 0.3) is 0 Å². The van der Waals surface area contributed by atoms with E-state index in [1.165, 1.54) is 0 Å². The van der Waals surface area contributed by atoms with Crippen LogP contribution in [0.5, 0.6) is 0 Å². The molecule has 116 valence electrons. The van der Waals surface area contributed by atoms with Gasteiger partial charge in [-0.2, -0.15) is 0 Å². The topological polar surface area (TPSA) is 106 Å². The molecule has 0 aromatic rings. The van der Waals surface area contributed by atoms with Gasteiger partial charge in [0.05, 0.1) is 12.8 Å². The molecule has 2 N–H and O–H groups in total. The first-order valence-electron chi connectivity index (χ1n) is 6.59. The number of hydrogen-bond acceptors (Lipinski definition) is 6. The molecule has 2 atom stereocenters. The largest absolute Gasteiger partial charge is 0.466 e. The van der Waals surface area contributed by atoms with Crippen molar-refractivity contribution in [3.63, 3.8) is 0 Å². The molecular weight excluding hydrogens is 285 g/mol. The Labute approximate surface area is 120 Å². The van der Waals surface area contributed by atoms with Crippen LogP contribution in [0.1, 0.15) is 32.1 Å². The molecule has 1 aliphatic heterocycles. The van der Waals surface area contributed by atoms with Gasteiger partial charge in [-0.05, 0) is 25.7 Å². The first-order valence-corrected chi connectivity index (χ1v) is 6.59. The average molecular weight is 301 g/mol. The van der Waals surface area contributed by atoms with Gasteiger partial charge >= 0.3 is 17.7 Å². The minimum Gasteiger partial charge on any atom is -0.466 e. The summed E-state index contributed by atoms with van der Waals surface area (Å²) in [7, 11) is 0.928. The van der Waals surface area contributed by atoms with Crippen molar-refractivity contribution in [2.24, 2.45) is 5.16 Å². The van der Waals surface area contributed by atoms with E-state index in [4.69, 9.17) is 4.84 Å². The molecule has 9 heteroatoms. The second-order valence-corrected chi connectivity index (χ2v) is 4.83. The Hall–Kier alpha value is -2.19. The van der Waals surface area contributed by atoms with Crippen LogP contribution in [0.15, 0.2) is 5.16 Å². The molecule has 1 aliphatic carbocycles. The number of methoxy groups -OCH3 is 1. The van der Waals surface area contributed by atoms with Crippen LogP contribution in [0, 0.1) is 0 Å². The third-order valence-electron chi connectivity index (χ3n) is 3.38. The monoisotopic (exact) mass is 301 g/mol. The van der Waals surface area contributed by atoms with E-state index in [2.05, 4.69) is 9.89 Å². The molecule has 2 fully saturated rings. The van der Waals surface area contributed by atoms with Crippen LogP contribution in [0.2, 0.25) is 0 Å². The van der Waals surface area contributed by atoms with Crippen molar-refractivity contribution in [3.05, 3.63) is 0 Å². The molecule has 0 radical (unpaired) electrons. The molecule has 0 aromatic carbocycles. The summed E-state index contributed by atoms with van der Waals surface area (Å²) in [5.41, 5.74) is -2.48. The number of halogens is 1. The summed E-state index contributed by atoms with van der Waals surface area (Å²) in [4.78, 5) is 39.3. The van der Waals surface area contributed by atoms with E-state index >= 15 is 0 Å². The number of imide groups is 1. The number of urea groups is 1. The number of carbonyl (C=O) groups excluding carboxylic acids is 3. The quantitative estimate of drug-likeness (QED) is 0.445. The highest BCUT2D eigenvalue weighted by Crippen LogP contribution is 2.24. The molecule has 21 heavy (non-hydrogen) atoms. The van der Waals surface area contributed by atoms with Crippen molar-refractivity contribution in [3.8, 4) is 0 Å². The Morgan fingerprint density at radius 1 is 1.33 bits per heavy atom. The molecule has 1 heterocycles. The number of esters is 1. The van der Waals surface area contributed by atoms with Gasteiger partial charge in [0.15, 0.2) is 0 Å². The number of carbonyl (C=O) groups is 3. The van der Waals surface area contributed by atoms with Gasteiger partial charge in [0.25, 0.3) is 12.1 Å². The van der Waals surface area contributed by atoms with Crippen LogP contribution in [-0.2, 0) is 19.2 Å². The van der Waals surface area contributed by atoms with E-state index in [9.17, 15) is 18.8 Å². The number of hydrogen-bond donors (Lipinski definition) is 2. The molecule has 2 unspecified atom stereocenters. The molecule has 2 rings (SSSR count). The summed E-state index contributed by atoms with van der Waals surface area (Å²) in [5, 5.41) is 7.44. The number of rotatable bonds is 3. The van der Waals surface area contributed by atoms with Crippen molar-refractivity contribution < 1.29 is 28.3 Å². The smallest absolute Gasteiger partial charge is 0.359 e. The summed E-state index contributed by atoms with van der Waals surface area (Å²) in [6, 6.07) is -0.967. The van der Waals surface area contributed by atoms with Crippen molar-refractivity contribution in [1.82, 2.24) is 10.6 Å². The number of amides is 3. The SMILES string of the molecule is COC(=O)C1(F)C(=O)NC(=O)NC1ON=C1CCCCC1. The predicted molar refractivity (Wildman–Crippen MR) is 67.9 cm³/mol. The second kappa shape index (κ2) is 6.06. The van der Waals surface area contributed by atoms with E-state index in [-0.39, 0.29) is 0 Å². The number of nitrogens with zero attached hydrogens (tertiary/aromatic N) is 1. The zero-order valence-electron chi connectivity index (χ0n) is 11.5. The Morgan fingerprint density at radius 2 is 2.00 bits per heavy atom. The molecule has 1 saturated heterocycles. The fourth-order valence-electron chi connectivity index (χ4n) is 2.19. The second-order valence-electron chi connectivity index (χ2n) is 4.83. The minimum absolute atomic E-state index is 0.699. The molecule has 0 bridgehead atoms. The number of nitrogens with one attached hydrogen (secondary N) is 2. The number of ether oxygens (including phenoxy) is 1. The highest BCUT2D eigenvalue weighted by Gasteiger charge is 2.61. The van der Waals surface area contributed by atoms with E-state index in [1.54, 1.807) is 5.32 Å². The minimum atomic E-state index is -3.18. The lowest BCUT2D eigenvalue weighted by molar-refractivity contribution is -0.177. The molecule has 8 nitrogen and oxygen atoms in total. The zero-order chi connectivity index (χ0) is 15.5. The number of oxime groups is 1. The first-order chi connectivity index (χ1) is 9.98. The standard InChI is InChI=1S/C12H16FN3O5/c1-20-10(18)12(13)8(17)14-11(19)15-9(12)21-16-7-5-3-2-4-6-7/h9H,2-6H2,1H3,(H2,14,15,17,19). The summed E-state index contributed by atoms with van der Waals surface area (Å²) < 4.78 is 18.9. The molecule has 2 aliphatic rings. The maximum Gasteiger partial charge on any atom is 0.359 e. The van der Waals surface area contributed by atoms with Crippen molar-refractivity contribution in [2.75, 3.05) is 7.11 Å². The predicted octanol–water partition coefficient (Wildman–Crippen LogP) is 0.370. The zero-order valence-corrected chi connectivity index (χ0v) is 11.5. The van der Waals surface area contributed by atoms with E-state index in [1.807, 2.05) is 5.32 Å². The maximum atomic E-state index is 14.7. The van der Waals surface area contributed by atoms with E-state index < -0.39 is 29.8 Å². The van der Waals surface area contributed by atoms with Crippen LogP contribution in [-0.4, -0.2) is 42.6 Å². The van der Waals surface area contributed by atoms with Crippen LogP contribution >= 0.6 is 0 Å². The number of alkyl halides is 1. The third-order valence-corrected chi connectivity index (χ3v) is 3.38. The van der Waals surface area contributed by atoms with Gasteiger partial charge in [-0.15, -0.1) is 0 Å². The lowest BCUT2D eigenvalue weighted by Gasteiger charge is -2.32. The molecule has 0 spiro atoms. The lowest BCUT2D eigenvalue weighted by Crippen LogP contribution is -2.70. The van der Waals surface area contributed by atoms with Gasteiger partial charge in [0, 0.05) is 0 Å². The van der Waals surface area contributed by atoms with Crippen molar-refractivity contribution in [1.29, 1.82) is 0 Å². The fraction of sp³-hybridized carbons (Fsp3) is 0.667. The van der Waals surface area contributed by atoms with Gasteiger partial charge in [0.2, 0.25) is 0 Å². The summed E-state index contributed by atoms with van der Waals surface area (Å²) >= 11 is 0. The Morgan fingerprint density at radius 3 is 2.62 bits per heavy atom. The third kappa shape index (κ3) is 2.96. The van der Waals surface area contributed by atoms with Gasteiger partial charge in [-0.3, -0.25) is 15.4 Å². The first kappa shape index (κ1) is 15.2. The van der Waals surface area contributed by atoms with Crippen molar-refractivity contribution in [2.45, 2.75) is 44.0 Å². The average Bonchev–Trinajstić information content (AvgIpc) is 2.49. The van der Waals surface area contributed by atoms with Crippen LogP contribution in [0.3, 0.4) is 0 Å². The normalized spacial score (nSPS) is 29.2. The lowest BCUT2D eigenvalue weighted by atomic mass is 9.99. The summed E-state index contributed by atoms with van der Waals surface area (Å²) in [5.74, 6) is -2.90.